The van der Waals surface area contributed by atoms with Crippen LogP contribution in [0.2, 0.25) is 0 Å². The Morgan fingerprint density at radius 2 is 1.73 bits per heavy atom. The molecule has 0 radical (unpaired) electrons. The number of fused-ring (bicyclic) bond motifs is 2. The first-order valence-corrected chi connectivity index (χ1v) is 9.02. The monoisotopic (exact) mass is 365 g/mol. The van der Waals surface area contributed by atoms with E-state index in [2.05, 4.69) is 0 Å². The molecule has 0 saturated carbocycles. The molecule has 0 atom stereocenters. The highest BCUT2D eigenvalue weighted by atomic mass is 32.1. The van der Waals surface area contributed by atoms with Gasteiger partial charge in [-0.3, -0.25) is 9.59 Å². The zero-order valence-corrected chi connectivity index (χ0v) is 15.1. The summed E-state index contributed by atoms with van der Waals surface area (Å²) in [5.74, 6) is -1.01. The lowest BCUT2D eigenvalue weighted by atomic mass is 10.1. The summed E-state index contributed by atoms with van der Waals surface area (Å²) < 4.78 is 6.01. The van der Waals surface area contributed by atoms with Crippen LogP contribution in [0.25, 0.3) is 10.1 Å². The van der Waals surface area contributed by atoms with Gasteiger partial charge in [-0.25, -0.2) is 9.69 Å². The minimum Gasteiger partial charge on any atom is -0.462 e. The number of anilines is 1. The number of nitrogens with zero attached hydrogens (tertiary/aromatic N) is 1. The van der Waals surface area contributed by atoms with E-state index in [-0.39, 0.29) is 17.8 Å². The lowest BCUT2D eigenvalue weighted by Gasteiger charge is -2.14. The molecule has 1 aliphatic heterocycles. The number of thiophene rings is 1. The average Bonchev–Trinajstić information content (AvgIpc) is 3.10. The average molecular weight is 365 g/mol. The predicted molar refractivity (Wildman–Crippen MR) is 100 cm³/mol. The number of carbonyl (C=O) groups excluding carboxylic acids is 3. The minimum atomic E-state index is -0.353. The van der Waals surface area contributed by atoms with Crippen LogP contribution in [0.1, 0.15) is 42.9 Å². The topological polar surface area (TPSA) is 63.7 Å². The summed E-state index contributed by atoms with van der Waals surface area (Å²) in [6, 6.07) is 12.1. The lowest BCUT2D eigenvalue weighted by Crippen LogP contribution is -2.29. The fraction of sp³-hybridized carbons (Fsp3) is 0.150. The van der Waals surface area contributed by atoms with E-state index in [0.717, 1.165) is 15.6 Å². The van der Waals surface area contributed by atoms with Crippen molar-refractivity contribution in [2.24, 2.45) is 0 Å². The fourth-order valence-corrected chi connectivity index (χ4v) is 4.25. The van der Waals surface area contributed by atoms with Crippen LogP contribution in [0.15, 0.2) is 42.5 Å². The summed E-state index contributed by atoms with van der Waals surface area (Å²) >= 11 is 1.35. The van der Waals surface area contributed by atoms with Gasteiger partial charge in [0.2, 0.25) is 0 Å². The molecule has 1 aliphatic rings. The SMILES string of the molecule is CCOC(=O)c1sc2ccc(N3C(=O)c4ccccc4C3=O)cc2c1C. The number of hydrogen-bond donors (Lipinski definition) is 0. The molecule has 1 aromatic heterocycles. The van der Waals surface area contributed by atoms with Gasteiger partial charge in [-0.15, -0.1) is 11.3 Å². The third kappa shape index (κ3) is 2.34. The second-order valence-electron chi connectivity index (χ2n) is 5.95. The third-order valence-electron chi connectivity index (χ3n) is 4.43. The number of aryl methyl sites for hydroxylation is 1. The van der Waals surface area contributed by atoms with E-state index in [4.69, 9.17) is 4.74 Å². The summed E-state index contributed by atoms with van der Waals surface area (Å²) in [5.41, 5.74) is 2.11. The van der Waals surface area contributed by atoms with Gasteiger partial charge >= 0.3 is 5.97 Å². The largest absolute Gasteiger partial charge is 0.462 e. The van der Waals surface area contributed by atoms with Crippen LogP contribution in [0.3, 0.4) is 0 Å². The molecule has 2 aromatic carbocycles. The van der Waals surface area contributed by atoms with E-state index in [0.29, 0.717) is 28.3 Å². The standard InChI is InChI=1S/C20H15NO4S/c1-3-25-20(24)17-11(2)15-10-12(8-9-16(15)26-17)21-18(22)13-6-4-5-7-14(13)19(21)23/h4-10H,3H2,1-2H3. The molecule has 0 aliphatic carbocycles. The highest BCUT2D eigenvalue weighted by Gasteiger charge is 2.36. The van der Waals surface area contributed by atoms with Crippen LogP contribution in [0.5, 0.6) is 0 Å². The van der Waals surface area contributed by atoms with Gasteiger partial charge in [-0.2, -0.15) is 0 Å². The summed E-state index contributed by atoms with van der Waals surface area (Å²) in [4.78, 5) is 39.1. The van der Waals surface area contributed by atoms with Gasteiger partial charge < -0.3 is 4.74 Å². The predicted octanol–water partition coefficient (Wildman–Crippen LogP) is 4.19. The molecule has 2 heterocycles. The van der Waals surface area contributed by atoms with E-state index in [1.807, 2.05) is 13.0 Å². The van der Waals surface area contributed by atoms with Crippen LogP contribution in [-0.2, 0) is 4.74 Å². The van der Waals surface area contributed by atoms with E-state index in [1.54, 1.807) is 43.3 Å². The summed E-state index contributed by atoms with van der Waals surface area (Å²) in [7, 11) is 0. The summed E-state index contributed by atoms with van der Waals surface area (Å²) in [6.45, 7) is 3.92. The number of carbonyl (C=O) groups is 3. The van der Waals surface area contributed by atoms with Crippen LogP contribution < -0.4 is 4.90 Å². The number of benzene rings is 2. The molecular formula is C20H15NO4S. The van der Waals surface area contributed by atoms with Crippen molar-refractivity contribution in [3.05, 3.63) is 64.0 Å². The first-order chi connectivity index (χ1) is 12.5. The quantitative estimate of drug-likeness (QED) is 0.516. The Morgan fingerprint density at radius 1 is 1.08 bits per heavy atom. The molecule has 130 valence electrons. The molecule has 3 aromatic rings. The second-order valence-corrected chi connectivity index (χ2v) is 7.00. The van der Waals surface area contributed by atoms with Gasteiger partial charge in [0.15, 0.2) is 0 Å². The van der Waals surface area contributed by atoms with Crippen LogP contribution in [0, 0.1) is 6.92 Å². The van der Waals surface area contributed by atoms with Crippen molar-refractivity contribution in [1.29, 1.82) is 0 Å². The second kappa shape index (κ2) is 6.07. The van der Waals surface area contributed by atoms with Crippen molar-refractivity contribution in [3.63, 3.8) is 0 Å². The number of rotatable bonds is 3. The van der Waals surface area contributed by atoms with Crippen molar-refractivity contribution in [1.82, 2.24) is 0 Å². The van der Waals surface area contributed by atoms with Crippen molar-refractivity contribution in [2.75, 3.05) is 11.5 Å². The van der Waals surface area contributed by atoms with Crippen molar-refractivity contribution >= 4 is 44.9 Å². The van der Waals surface area contributed by atoms with Gasteiger partial charge in [-0.05, 0) is 55.1 Å². The third-order valence-corrected chi connectivity index (χ3v) is 5.69. The molecule has 0 fully saturated rings. The van der Waals surface area contributed by atoms with E-state index >= 15 is 0 Å². The van der Waals surface area contributed by atoms with E-state index in [1.165, 1.54) is 16.2 Å². The minimum absolute atomic E-state index is 0.312. The molecule has 4 rings (SSSR count). The van der Waals surface area contributed by atoms with Gasteiger partial charge in [-0.1, -0.05) is 12.1 Å². The number of hydrogen-bond acceptors (Lipinski definition) is 5. The molecule has 0 bridgehead atoms. The molecule has 6 heteroatoms. The highest BCUT2D eigenvalue weighted by Crippen LogP contribution is 2.36. The van der Waals surface area contributed by atoms with Crippen LogP contribution in [0.4, 0.5) is 5.69 Å². The fourth-order valence-electron chi connectivity index (χ4n) is 3.16. The first kappa shape index (κ1) is 16.5. The smallest absolute Gasteiger partial charge is 0.348 e. The molecule has 0 unspecified atom stereocenters. The Hall–Kier alpha value is -2.99. The number of ether oxygens (including phenoxy) is 1. The van der Waals surface area contributed by atoms with Crippen LogP contribution in [-0.4, -0.2) is 24.4 Å². The molecule has 0 saturated heterocycles. The van der Waals surface area contributed by atoms with E-state index in [9.17, 15) is 14.4 Å². The summed E-state index contributed by atoms with van der Waals surface area (Å²) in [5, 5.41) is 0.840. The Labute approximate surface area is 153 Å². The molecular weight excluding hydrogens is 350 g/mol. The molecule has 26 heavy (non-hydrogen) atoms. The van der Waals surface area contributed by atoms with Crippen LogP contribution >= 0.6 is 11.3 Å². The maximum absolute atomic E-state index is 12.7. The Balaban J connectivity index is 1.80. The van der Waals surface area contributed by atoms with Gasteiger partial charge in [0.05, 0.1) is 23.4 Å². The van der Waals surface area contributed by atoms with Crippen molar-refractivity contribution < 1.29 is 19.1 Å². The Kier molecular flexibility index (Phi) is 3.85. The number of amides is 2. The highest BCUT2D eigenvalue weighted by molar-refractivity contribution is 7.21. The molecule has 2 amide bonds. The van der Waals surface area contributed by atoms with Crippen molar-refractivity contribution in [2.45, 2.75) is 13.8 Å². The lowest BCUT2D eigenvalue weighted by molar-refractivity contribution is 0.0531. The molecule has 0 spiro atoms. The summed E-state index contributed by atoms with van der Waals surface area (Å²) in [6.07, 6.45) is 0. The first-order valence-electron chi connectivity index (χ1n) is 8.21. The maximum Gasteiger partial charge on any atom is 0.348 e. The maximum atomic E-state index is 12.7. The van der Waals surface area contributed by atoms with Crippen molar-refractivity contribution in [3.8, 4) is 0 Å². The number of esters is 1. The molecule has 0 N–H and O–H groups in total. The zero-order valence-electron chi connectivity index (χ0n) is 14.2. The Bertz CT molecular complexity index is 1050. The van der Waals surface area contributed by atoms with E-state index < -0.39 is 0 Å². The van der Waals surface area contributed by atoms with Gasteiger partial charge in [0.1, 0.15) is 4.88 Å². The normalized spacial score (nSPS) is 13.4. The van der Waals surface area contributed by atoms with Gasteiger partial charge in [0.25, 0.3) is 11.8 Å². The van der Waals surface area contributed by atoms with Gasteiger partial charge in [0, 0.05) is 4.70 Å². The Morgan fingerprint density at radius 3 is 2.35 bits per heavy atom. The zero-order chi connectivity index (χ0) is 18.4. The number of imide groups is 1. The molecule has 5 nitrogen and oxygen atoms in total.